The molecule has 60 valence electrons. The lowest BCUT2D eigenvalue weighted by Gasteiger charge is -2.12. The summed E-state index contributed by atoms with van der Waals surface area (Å²) in [5.74, 6) is -0.310. The van der Waals surface area contributed by atoms with E-state index in [1.165, 1.54) is 12.1 Å². The molecule has 0 N–H and O–H groups in total. The highest BCUT2D eigenvalue weighted by molar-refractivity contribution is 6.31. The summed E-state index contributed by atoms with van der Waals surface area (Å²) in [4.78, 5) is 0. The van der Waals surface area contributed by atoms with Gasteiger partial charge in [0.05, 0.1) is 0 Å². The van der Waals surface area contributed by atoms with Gasteiger partial charge in [-0.3, -0.25) is 0 Å². The van der Waals surface area contributed by atoms with Crippen molar-refractivity contribution < 1.29 is 4.39 Å². The summed E-state index contributed by atoms with van der Waals surface area (Å²) in [6, 6.07) is 4.32. The molecule has 0 aliphatic rings. The molecule has 0 aromatic heterocycles. The van der Waals surface area contributed by atoms with Crippen molar-refractivity contribution in [1.82, 2.24) is 0 Å². The Morgan fingerprint density at radius 3 is 2.82 bits per heavy atom. The molecule has 3 heteroatoms. The third kappa shape index (κ3) is 2.17. The zero-order valence-electron chi connectivity index (χ0n) is 6.14. The van der Waals surface area contributed by atoms with E-state index in [4.69, 9.17) is 11.6 Å². The summed E-state index contributed by atoms with van der Waals surface area (Å²) in [7, 11) is 1.69. The van der Waals surface area contributed by atoms with Crippen LogP contribution in [0, 0.1) is 5.82 Å². The minimum atomic E-state index is -0.310. The lowest BCUT2D eigenvalue weighted by atomic mass is 10.2. The molecular weight excluding hydrogens is 165 g/mol. The number of rotatable bonds is 2. The number of hydrogen-bond donors (Lipinski definition) is 0. The SMILES string of the molecule is C[N-]Cc1ccc(F)cc1Cl. The van der Waals surface area contributed by atoms with Crippen molar-refractivity contribution in [3.63, 3.8) is 0 Å². The van der Waals surface area contributed by atoms with Crippen LogP contribution in [0.15, 0.2) is 18.2 Å². The third-order valence-corrected chi connectivity index (χ3v) is 1.70. The van der Waals surface area contributed by atoms with Gasteiger partial charge in [0.25, 0.3) is 0 Å². The van der Waals surface area contributed by atoms with Gasteiger partial charge < -0.3 is 5.32 Å². The molecule has 1 aromatic rings. The molecule has 0 bridgehead atoms. The highest BCUT2D eigenvalue weighted by Gasteiger charge is 1.96. The molecular formula is C8H8ClFN-. The van der Waals surface area contributed by atoms with Gasteiger partial charge in [-0.05, 0) is 17.7 Å². The van der Waals surface area contributed by atoms with E-state index in [-0.39, 0.29) is 5.82 Å². The Labute approximate surface area is 70.2 Å². The van der Waals surface area contributed by atoms with E-state index in [2.05, 4.69) is 5.32 Å². The van der Waals surface area contributed by atoms with Crippen molar-refractivity contribution in [2.45, 2.75) is 6.54 Å². The van der Waals surface area contributed by atoms with Crippen LogP contribution in [0.4, 0.5) is 4.39 Å². The van der Waals surface area contributed by atoms with Gasteiger partial charge in [-0.15, -0.1) is 6.54 Å². The van der Waals surface area contributed by atoms with Gasteiger partial charge in [-0.1, -0.05) is 17.7 Å². The van der Waals surface area contributed by atoms with Crippen molar-refractivity contribution in [3.8, 4) is 0 Å². The first-order valence-corrected chi connectivity index (χ1v) is 3.61. The molecule has 0 unspecified atom stereocenters. The molecule has 11 heavy (non-hydrogen) atoms. The monoisotopic (exact) mass is 172 g/mol. The molecule has 0 aliphatic heterocycles. The van der Waals surface area contributed by atoms with Gasteiger partial charge in [-0.25, -0.2) is 4.39 Å². The van der Waals surface area contributed by atoms with Crippen LogP contribution < -0.4 is 0 Å². The van der Waals surface area contributed by atoms with E-state index in [0.29, 0.717) is 11.6 Å². The molecule has 1 aromatic carbocycles. The second-order valence-electron chi connectivity index (χ2n) is 2.21. The van der Waals surface area contributed by atoms with Crippen molar-refractivity contribution in [2.75, 3.05) is 7.05 Å². The summed E-state index contributed by atoms with van der Waals surface area (Å²) in [5, 5.41) is 4.33. The predicted molar refractivity (Wildman–Crippen MR) is 44.4 cm³/mol. The van der Waals surface area contributed by atoms with Crippen molar-refractivity contribution in [1.29, 1.82) is 0 Å². The number of benzene rings is 1. The smallest absolute Gasteiger partial charge is 0.124 e. The van der Waals surface area contributed by atoms with Gasteiger partial charge in [0, 0.05) is 5.02 Å². The molecule has 0 saturated heterocycles. The van der Waals surface area contributed by atoms with Crippen LogP contribution in [0.3, 0.4) is 0 Å². The molecule has 1 nitrogen and oxygen atoms in total. The van der Waals surface area contributed by atoms with Crippen LogP contribution in [0.5, 0.6) is 0 Å². The number of hydrogen-bond acceptors (Lipinski definition) is 0. The summed E-state index contributed by atoms with van der Waals surface area (Å²) < 4.78 is 12.5. The van der Waals surface area contributed by atoms with E-state index in [0.717, 1.165) is 5.56 Å². The van der Waals surface area contributed by atoms with E-state index < -0.39 is 0 Å². The third-order valence-electron chi connectivity index (χ3n) is 1.34. The maximum Gasteiger partial charge on any atom is 0.124 e. The second kappa shape index (κ2) is 3.69. The highest BCUT2D eigenvalue weighted by Crippen LogP contribution is 2.18. The average Bonchev–Trinajstić information content (AvgIpc) is 1.95. The lowest BCUT2D eigenvalue weighted by Crippen LogP contribution is -1.85. The van der Waals surface area contributed by atoms with Gasteiger partial charge >= 0.3 is 0 Å². The van der Waals surface area contributed by atoms with Crippen LogP contribution in [-0.4, -0.2) is 7.05 Å². The average molecular weight is 173 g/mol. The number of halogens is 2. The van der Waals surface area contributed by atoms with E-state index in [9.17, 15) is 4.39 Å². The highest BCUT2D eigenvalue weighted by atomic mass is 35.5. The Morgan fingerprint density at radius 2 is 2.27 bits per heavy atom. The Kier molecular flexibility index (Phi) is 2.85. The Balaban J connectivity index is 2.90. The van der Waals surface area contributed by atoms with Crippen molar-refractivity contribution in [2.24, 2.45) is 0 Å². The van der Waals surface area contributed by atoms with Crippen LogP contribution >= 0.6 is 11.6 Å². The van der Waals surface area contributed by atoms with Gasteiger partial charge in [0.2, 0.25) is 0 Å². The van der Waals surface area contributed by atoms with E-state index in [1.54, 1.807) is 13.1 Å². The molecule has 0 aliphatic carbocycles. The quantitative estimate of drug-likeness (QED) is 0.651. The fourth-order valence-corrected chi connectivity index (χ4v) is 1.05. The first kappa shape index (κ1) is 8.50. The molecule has 0 amide bonds. The Hall–Kier alpha value is -0.600. The van der Waals surface area contributed by atoms with Gasteiger partial charge in [-0.2, -0.15) is 7.05 Å². The lowest BCUT2D eigenvalue weighted by molar-refractivity contribution is 0.627. The molecule has 0 heterocycles. The predicted octanol–water partition coefficient (Wildman–Crippen LogP) is 2.98. The Bertz CT molecular complexity index is 250. The Morgan fingerprint density at radius 1 is 1.55 bits per heavy atom. The fourth-order valence-electron chi connectivity index (χ4n) is 0.820. The first-order valence-electron chi connectivity index (χ1n) is 3.23. The van der Waals surface area contributed by atoms with E-state index in [1.807, 2.05) is 0 Å². The van der Waals surface area contributed by atoms with Crippen LogP contribution in [0.25, 0.3) is 5.32 Å². The summed E-state index contributed by atoms with van der Waals surface area (Å²) in [5.41, 5.74) is 0.857. The normalized spacial score (nSPS) is 10.1. The standard InChI is InChI=1S/C8H8ClFN/c1-11-5-6-2-3-7(10)4-8(6)9/h2-4H,5H2,1H3/q-1. The minimum Gasteiger partial charge on any atom is -0.661 e. The molecule has 0 radical (unpaired) electrons. The minimum absolute atomic E-state index is 0.310. The molecule has 0 fully saturated rings. The van der Waals surface area contributed by atoms with Crippen LogP contribution in [0.1, 0.15) is 5.56 Å². The molecule has 0 saturated carbocycles. The summed E-state index contributed by atoms with van der Waals surface area (Å²) in [6.45, 7) is 0.541. The summed E-state index contributed by atoms with van der Waals surface area (Å²) in [6.07, 6.45) is 0. The maximum atomic E-state index is 12.5. The number of nitrogens with zero attached hydrogens (tertiary/aromatic N) is 1. The first-order chi connectivity index (χ1) is 5.24. The zero-order chi connectivity index (χ0) is 8.27. The van der Waals surface area contributed by atoms with Crippen LogP contribution in [0.2, 0.25) is 5.02 Å². The molecule has 1 rings (SSSR count). The fraction of sp³-hybridized carbons (Fsp3) is 0.250. The van der Waals surface area contributed by atoms with Gasteiger partial charge in [0.1, 0.15) is 5.82 Å². The zero-order valence-corrected chi connectivity index (χ0v) is 6.90. The second-order valence-corrected chi connectivity index (χ2v) is 2.62. The van der Waals surface area contributed by atoms with Crippen LogP contribution in [-0.2, 0) is 6.54 Å². The molecule has 0 atom stereocenters. The van der Waals surface area contributed by atoms with E-state index >= 15 is 0 Å². The van der Waals surface area contributed by atoms with Crippen molar-refractivity contribution >= 4 is 11.6 Å². The van der Waals surface area contributed by atoms with Gasteiger partial charge in [0.15, 0.2) is 0 Å². The van der Waals surface area contributed by atoms with Crippen molar-refractivity contribution in [3.05, 3.63) is 39.9 Å². The summed E-state index contributed by atoms with van der Waals surface area (Å²) >= 11 is 5.71. The topological polar surface area (TPSA) is 14.1 Å². The molecule has 0 spiro atoms. The largest absolute Gasteiger partial charge is 0.661 e. The maximum absolute atomic E-state index is 12.5.